The van der Waals surface area contributed by atoms with Crippen molar-refractivity contribution in [1.82, 2.24) is 10.3 Å². The highest BCUT2D eigenvalue weighted by Gasteiger charge is 2.04. The number of hydrogen-bond acceptors (Lipinski definition) is 1. The zero-order valence-corrected chi connectivity index (χ0v) is 10.0. The fourth-order valence-electron chi connectivity index (χ4n) is 1.43. The van der Waals surface area contributed by atoms with Crippen molar-refractivity contribution in [2.24, 2.45) is 0 Å². The summed E-state index contributed by atoms with van der Waals surface area (Å²) in [5.41, 5.74) is 1.94. The van der Waals surface area contributed by atoms with Gasteiger partial charge in [0.2, 0.25) is 6.41 Å². The molecule has 0 radical (unpaired) electrons. The quantitative estimate of drug-likeness (QED) is 0.838. The van der Waals surface area contributed by atoms with E-state index in [1.807, 2.05) is 18.2 Å². The van der Waals surface area contributed by atoms with E-state index < -0.39 is 0 Å². The van der Waals surface area contributed by atoms with Crippen LogP contribution in [-0.4, -0.2) is 11.4 Å². The van der Waals surface area contributed by atoms with E-state index in [9.17, 15) is 4.79 Å². The average Bonchev–Trinajstić information content (AvgIpc) is 2.58. The number of benzene rings is 1. The normalized spacial score (nSPS) is 10.5. The minimum absolute atomic E-state index is 0.493. The van der Waals surface area contributed by atoms with Gasteiger partial charge in [-0.15, -0.1) is 0 Å². The molecule has 78 valence electrons. The van der Waals surface area contributed by atoms with Crippen molar-refractivity contribution in [1.29, 1.82) is 0 Å². The first kappa shape index (κ1) is 10.5. The number of halogens is 2. The van der Waals surface area contributed by atoms with E-state index in [2.05, 4.69) is 26.2 Å². The molecule has 0 saturated heterocycles. The molecule has 3 nitrogen and oxygen atoms in total. The lowest BCUT2D eigenvalue weighted by molar-refractivity contribution is -0.109. The summed E-state index contributed by atoms with van der Waals surface area (Å²) < 4.78 is 0.855. The van der Waals surface area contributed by atoms with E-state index >= 15 is 0 Å². The Balaban J connectivity index is 2.42. The number of H-pyrrole nitrogens is 1. The highest BCUT2D eigenvalue weighted by atomic mass is 79.9. The summed E-state index contributed by atoms with van der Waals surface area (Å²) >= 11 is 9.32. The summed E-state index contributed by atoms with van der Waals surface area (Å²) in [5, 5.41) is 4.31. The maximum Gasteiger partial charge on any atom is 0.207 e. The molecule has 0 bridgehead atoms. The SMILES string of the molecule is O=CNCc1cc2cc(Cl)c(Br)cc2[nH]1. The summed E-state index contributed by atoms with van der Waals surface area (Å²) in [6.45, 7) is 0.493. The molecule has 2 rings (SSSR count). The third kappa shape index (κ3) is 2.16. The van der Waals surface area contributed by atoms with E-state index in [1.54, 1.807) is 0 Å². The number of carbonyl (C=O) groups is 1. The van der Waals surface area contributed by atoms with Crippen LogP contribution in [0.15, 0.2) is 22.7 Å². The third-order valence-electron chi connectivity index (χ3n) is 2.09. The van der Waals surface area contributed by atoms with Crippen molar-refractivity contribution < 1.29 is 4.79 Å². The maximum absolute atomic E-state index is 10.1. The van der Waals surface area contributed by atoms with Crippen LogP contribution in [-0.2, 0) is 11.3 Å². The zero-order valence-electron chi connectivity index (χ0n) is 7.68. The summed E-state index contributed by atoms with van der Waals surface area (Å²) in [5.74, 6) is 0. The molecule has 0 fully saturated rings. The molecule has 2 aromatic rings. The minimum Gasteiger partial charge on any atom is -0.357 e. The molecule has 1 aromatic carbocycles. The second-order valence-electron chi connectivity index (χ2n) is 3.15. The number of carbonyl (C=O) groups excluding carboxylic acids is 1. The molecular weight excluding hydrogens is 279 g/mol. The van der Waals surface area contributed by atoms with E-state index in [4.69, 9.17) is 11.6 Å². The second kappa shape index (κ2) is 4.24. The lowest BCUT2D eigenvalue weighted by Gasteiger charge is -1.95. The van der Waals surface area contributed by atoms with Gasteiger partial charge >= 0.3 is 0 Å². The first-order valence-corrected chi connectivity index (χ1v) is 5.51. The Morgan fingerprint density at radius 2 is 2.27 bits per heavy atom. The smallest absolute Gasteiger partial charge is 0.207 e. The van der Waals surface area contributed by atoms with Gasteiger partial charge in [-0.05, 0) is 34.1 Å². The molecule has 1 amide bonds. The van der Waals surface area contributed by atoms with Crippen LogP contribution in [0.4, 0.5) is 0 Å². The van der Waals surface area contributed by atoms with Crippen LogP contribution in [0.25, 0.3) is 10.9 Å². The lowest BCUT2D eigenvalue weighted by atomic mass is 10.2. The topological polar surface area (TPSA) is 44.9 Å². The third-order valence-corrected chi connectivity index (χ3v) is 3.29. The lowest BCUT2D eigenvalue weighted by Crippen LogP contribution is -2.09. The van der Waals surface area contributed by atoms with Crippen LogP contribution in [0, 0.1) is 0 Å². The fourth-order valence-corrected chi connectivity index (χ4v) is 1.95. The van der Waals surface area contributed by atoms with Gasteiger partial charge in [-0.1, -0.05) is 11.6 Å². The molecule has 1 heterocycles. The van der Waals surface area contributed by atoms with E-state index in [1.165, 1.54) is 0 Å². The highest BCUT2D eigenvalue weighted by Crippen LogP contribution is 2.28. The predicted molar refractivity (Wildman–Crippen MR) is 63.9 cm³/mol. The molecule has 0 spiro atoms. The molecule has 0 aliphatic rings. The van der Waals surface area contributed by atoms with E-state index in [0.717, 1.165) is 21.1 Å². The second-order valence-corrected chi connectivity index (χ2v) is 4.41. The minimum atomic E-state index is 0.493. The van der Waals surface area contributed by atoms with Gasteiger partial charge in [0.1, 0.15) is 0 Å². The van der Waals surface area contributed by atoms with Gasteiger partial charge in [0.05, 0.1) is 11.6 Å². The first-order valence-electron chi connectivity index (χ1n) is 4.34. The van der Waals surface area contributed by atoms with E-state index in [0.29, 0.717) is 18.0 Å². The van der Waals surface area contributed by atoms with Crippen LogP contribution in [0.5, 0.6) is 0 Å². The van der Waals surface area contributed by atoms with Gasteiger partial charge in [0.15, 0.2) is 0 Å². The van der Waals surface area contributed by atoms with Crippen LogP contribution < -0.4 is 5.32 Å². The number of amides is 1. The number of aromatic nitrogens is 1. The molecule has 2 N–H and O–H groups in total. The van der Waals surface area contributed by atoms with Crippen molar-refractivity contribution in [2.45, 2.75) is 6.54 Å². The Hall–Kier alpha value is -1.00. The summed E-state index contributed by atoms with van der Waals surface area (Å²) in [6.07, 6.45) is 0.675. The van der Waals surface area contributed by atoms with Crippen LogP contribution in [0.2, 0.25) is 5.02 Å². The van der Waals surface area contributed by atoms with Crippen molar-refractivity contribution in [3.05, 3.63) is 33.4 Å². The van der Waals surface area contributed by atoms with Crippen molar-refractivity contribution in [3.8, 4) is 0 Å². The Labute approximate surface area is 99.9 Å². The monoisotopic (exact) mass is 286 g/mol. The highest BCUT2D eigenvalue weighted by molar-refractivity contribution is 9.10. The van der Waals surface area contributed by atoms with Crippen molar-refractivity contribution in [3.63, 3.8) is 0 Å². The Kier molecular flexibility index (Phi) is 2.98. The molecule has 0 atom stereocenters. The van der Waals surface area contributed by atoms with Gasteiger partial charge < -0.3 is 10.3 Å². The Bertz CT molecular complexity index is 470. The molecule has 0 aliphatic heterocycles. The van der Waals surface area contributed by atoms with Crippen LogP contribution in [0.1, 0.15) is 5.69 Å². The van der Waals surface area contributed by atoms with Crippen molar-refractivity contribution >= 4 is 44.8 Å². The summed E-state index contributed by atoms with van der Waals surface area (Å²) in [4.78, 5) is 13.3. The zero-order chi connectivity index (χ0) is 10.8. The average molecular weight is 288 g/mol. The summed E-state index contributed by atoms with van der Waals surface area (Å²) in [7, 11) is 0. The van der Waals surface area contributed by atoms with Gasteiger partial charge in [-0.25, -0.2) is 0 Å². The van der Waals surface area contributed by atoms with Crippen LogP contribution in [0.3, 0.4) is 0 Å². The standard InChI is InChI=1S/C10H8BrClN2O/c11-8-3-10-6(2-9(8)12)1-7(14-10)4-13-5-15/h1-3,5,14H,4H2,(H,13,15). The first-order chi connectivity index (χ1) is 7.20. The predicted octanol–water partition coefficient (Wildman–Crippen LogP) is 2.83. The molecule has 15 heavy (non-hydrogen) atoms. The fraction of sp³-hybridized carbons (Fsp3) is 0.100. The van der Waals surface area contributed by atoms with Gasteiger partial charge in [0, 0.05) is 21.1 Å². The number of rotatable bonds is 3. The molecule has 0 aliphatic carbocycles. The molecule has 5 heteroatoms. The molecule has 0 unspecified atom stereocenters. The van der Waals surface area contributed by atoms with Crippen LogP contribution >= 0.6 is 27.5 Å². The van der Waals surface area contributed by atoms with Crippen molar-refractivity contribution in [2.75, 3.05) is 0 Å². The number of hydrogen-bond donors (Lipinski definition) is 2. The van der Waals surface area contributed by atoms with Gasteiger partial charge in [-0.3, -0.25) is 4.79 Å². The molecular formula is C10H8BrClN2O. The van der Waals surface area contributed by atoms with E-state index in [-0.39, 0.29) is 0 Å². The Morgan fingerprint density at radius 3 is 3.00 bits per heavy atom. The number of nitrogens with one attached hydrogen (secondary N) is 2. The van der Waals surface area contributed by atoms with Gasteiger partial charge in [0.25, 0.3) is 0 Å². The largest absolute Gasteiger partial charge is 0.357 e. The number of aromatic amines is 1. The number of fused-ring (bicyclic) bond motifs is 1. The maximum atomic E-state index is 10.1. The van der Waals surface area contributed by atoms with Gasteiger partial charge in [-0.2, -0.15) is 0 Å². The molecule has 0 saturated carbocycles. The Morgan fingerprint density at radius 1 is 1.47 bits per heavy atom. The summed E-state index contributed by atoms with van der Waals surface area (Å²) in [6, 6.07) is 5.76. The molecule has 1 aromatic heterocycles.